The molecular formula is C25H28N2O3S. The Morgan fingerprint density at radius 2 is 1.55 bits per heavy atom. The van der Waals surface area contributed by atoms with Gasteiger partial charge in [0, 0.05) is 12.6 Å². The van der Waals surface area contributed by atoms with Crippen LogP contribution in [0.25, 0.3) is 0 Å². The number of carbonyl (C=O) groups excluding carboxylic acids is 1. The van der Waals surface area contributed by atoms with E-state index in [0.29, 0.717) is 11.3 Å². The van der Waals surface area contributed by atoms with Crippen molar-refractivity contribution in [3.8, 4) is 0 Å². The van der Waals surface area contributed by atoms with Gasteiger partial charge in [0.05, 0.1) is 16.6 Å². The van der Waals surface area contributed by atoms with Crippen molar-refractivity contribution in [2.24, 2.45) is 0 Å². The molecule has 0 aliphatic carbocycles. The standard InChI is InChI=1S/C25H28N2O3S/c1-17-10-13-22(14-11-17)27(5)31(29,30)23-8-6-7-21(16-23)25(28)26-20(4)24-15-18(2)9-12-19(24)3/h6-16,20H,1-5H3,(H,26,28)/t20-/m1/s1. The predicted molar refractivity (Wildman–Crippen MR) is 125 cm³/mol. The van der Waals surface area contributed by atoms with Gasteiger partial charge >= 0.3 is 0 Å². The van der Waals surface area contributed by atoms with E-state index in [-0.39, 0.29) is 16.8 Å². The Balaban J connectivity index is 1.84. The second-order valence-electron chi connectivity index (χ2n) is 7.89. The molecule has 3 aromatic carbocycles. The van der Waals surface area contributed by atoms with Gasteiger partial charge in [0.1, 0.15) is 0 Å². The average molecular weight is 437 g/mol. The summed E-state index contributed by atoms with van der Waals surface area (Å²) in [6.07, 6.45) is 0. The molecule has 0 radical (unpaired) electrons. The number of hydrogen-bond donors (Lipinski definition) is 1. The maximum Gasteiger partial charge on any atom is 0.264 e. The fourth-order valence-corrected chi connectivity index (χ4v) is 4.68. The van der Waals surface area contributed by atoms with Crippen LogP contribution in [0.1, 0.15) is 45.6 Å². The topological polar surface area (TPSA) is 66.5 Å². The van der Waals surface area contributed by atoms with Crippen molar-refractivity contribution in [1.82, 2.24) is 5.32 Å². The van der Waals surface area contributed by atoms with E-state index < -0.39 is 10.0 Å². The maximum atomic E-state index is 13.1. The highest BCUT2D eigenvalue weighted by Crippen LogP contribution is 2.24. The Labute approximate surface area is 184 Å². The van der Waals surface area contributed by atoms with Crippen LogP contribution in [0.4, 0.5) is 5.69 Å². The van der Waals surface area contributed by atoms with Crippen molar-refractivity contribution in [1.29, 1.82) is 0 Å². The Morgan fingerprint density at radius 1 is 0.903 bits per heavy atom. The second kappa shape index (κ2) is 8.94. The molecule has 0 aliphatic heterocycles. The van der Waals surface area contributed by atoms with Crippen LogP contribution >= 0.6 is 0 Å². The van der Waals surface area contributed by atoms with Crippen molar-refractivity contribution < 1.29 is 13.2 Å². The van der Waals surface area contributed by atoms with E-state index in [1.807, 2.05) is 52.0 Å². The average Bonchev–Trinajstić information content (AvgIpc) is 2.75. The molecule has 3 aromatic rings. The summed E-state index contributed by atoms with van der Waals surface area (Å²) in [6, 6.07) is 19.3. The zero-order chi connectivity index (χ0) is 22.8. The van der Waals surface area contributed by atoms with Gasteiger partial charge < -0.3 is 5.32 Å². The van der Waals surface area contributed by atoms with Crippen molar-refractivity contribution in [3.63, 3.8) is 0 Å². The van der Waals surface area contributed by atoms with E-state index in [2.05, 4.69) is 11.4 Å². The first-order valence-corrected chi connectivity index (χ1v) is 11.6. The lowest BCUT2D eigenvalue weighted by Crippen LogP contribution is -2.29. The zero-order valence-electron chi connectivity index (χ0n) is 18.5. The lowest BCUT2D eigenvalue weighted by molar-refractivity contribution is 0.0939. The molecule has 0 aliphatic rings. The van der Waals surface area contributed by atoms with Crippen LogP contribution < -0.4 is 9.62 Å². The highest BCUT2D eigenvalue weighted by atomic mass is 32.2. The van der Waals surface area contributed by atoms with Gasteiger partial charge in [-0.15, -0.1) is 0 Å². The van der Waals surface area contributed by atoms with Gasteiger partial charge in [-0.1, -0.05) is 47.5 Å². The minimum absolute atomic E-state index is 0.0719. The fraction of sp³-hybridized carbons (Fsp3) is 0.240. The van der Waals surface area contributed by atoms with Crippen LogP contribution in [0, 0.1) is 20.8 Å². The number of benzene rings is 3. The molecule has 0 bridgehead atoms. The molecule has 1 amide bonds. The molecule has 0 unspecified atom stereocenters. The maximum absolute atomic E-state index is 13.1. The Hall–Kier alpha value is -3.12. The smallest absolute Gasteiger partial charge is 0.264 e. The van der Waals surface area contributed by atoms with Crippen LogP contribution in [0.5, 0.6) is 0 Å². The molecular weight excluding hydrogens is 408 g/mol. The molecule has 1 atom stereocenters. The van der Waals surface area contributed by atoms with Gasteiger partial charge in [-0.2, -0.15) is 0 Å². The van der Waals surface area contributed by atoms with Crippen molar-refractivity contribution in [2.45, 2.75) is 38.6 Å². The van der Waals surface area contributed by atoms with Crippen molar-refractivity contribution >= 4 is 21.6 Å². The summed E-state index contributed by atoms with van der Waals surface area (Å²) in [5, 5.41) is 2.98. The molecule has 0 spiro atoms. The molecule has 0 saturated carbocycles. The number of carbonyl (C=O) groups is 1. The highest BCUT2D eigenvalue weighted by molar-refractivity contribution is 7.92. The number of amides is 1. The van der Waals surface area contributed by atoms with Gasteiger partial charge in [-0.05, 0) is 69.2 Å². The number of aryl methyl sites for hydroxylation is 3. The minimum atomic E-state index is -3.80. The summed E-state index contributed by atoms with van der Waals surface area (Å²) in [7, 11) is -2.29. The number of nitrogens with one attached hydrogen (secondary N) is 1. The molecule has 0 heterocycles. The van der Waals surface area contributed by atoms with Crippen molar-refractivity contribution in [3.05, 3.63) is 94.5 Å². The van der Waals surface area contributed by atoms with Gasteiger partial charge in [0.25, 0.3) is 15.9 Å². The molecule has 0 aromatic heterocycles. The van der Waals surface area contributed by atoms with E-state index >= 15 is 0 Å². The third-order valence-electron chi connectivity index (χ3n) is 5.40. The van der Waals surface area contributed by atoms with Gasteiger partial charge in [0.15, 0.2) is 0 Å². The van der Waals surface area contributed by atoms with E-state index in [9.17, 15) is 13.2 Å². The first-order chi connectivity index (χ1) is 14.6. The van der Waals surface area contributed by atoms with Crippen LogP contribution in [-0.2, 0) is 10.0 Å². The third kappa shape index (κ3) is 4.97. The summed E-state index contributed by atoms with van der Waals surface area (Å²) in [5.41, 5.74) is 5.16. The van der Waals surface area contributed by atoms with Crippen molar-refractivity contribution in [2.75, 3.05) is 11.4 Å². The lowest BCUT2D eigenvalue weighted by atomic mass is 10.00. The van der Waals surface area contributed by atoms with E-state index in [0.717, 1.165) is 22.3 Å². The third-order valence-corrected chi connectivity index (χ3v) is 7.18. The lowest BCUT2D eigenvalue weighted by Gasteiger charge is -2.20. The Kier molecular flexibility index (Phi) is 6.51. The van der Waals surface area contributed by atoms with E-state index in [4.69, 9.17) is 0 Å². The normalized spacial score (nSPS) is 12.3. The summed E-state index contributed by atoms with van der Waals surface area (Å²) in [6.45, 7) is 7.88. The van der Waals surface area contributed by atoms with Crippen LogP contribution in [0.2, 0.25) is 0 Å². The molecule has 31 heavy (non-hydrogen) atoms. The Morgan fingerprint density at radius 3 is 2.23 bits per heavy atom. The first kappa shape index (κ1) is 22.6. The summed E-state index contributed by atoms with van der Waals surface area (Å²) in [5.74, 6) is -0.316. The number of sulfonamides is 1. The van der Waals surface area contributed by atoms with Gasteiger partial charge in [0.2, 0.25) is 0 Å². The molecule has 1 N–H and O–H groups in total. The number of hydrogen-bond acceptors (Lipinski definition) is 3. The SMILES string of the molecule is Cc1ccc(N(C)S(=O)(=O)c2cccc(C(=O)N[C@H](C)c3cc(C)ccc3C)c2)cc1. The van der Waals surface area contributed by atoms with Crippen LogP contribution in [0.3, 0.4) is 0 Å². The second-order valence-corrected chi connectivity index (χ2v) is 9.86. The minimum Gasteiger partial charge on any atom is -0.346 e. The first-order valence-electron chi connectivity index (χ1n) is 10.1. The van der Waals surface area contributed by atoms with E-state index in [1.165, 1.54) is 23.5 Å². The highest BCUT2D eigenvalue weighted by Gasteiger charge is 2.23. The summed E-state index contributed by atoms with van der Waals surface area (Å²) >= 11 is 0. The molecule has 6 heteroatoms. The molecule has 3 rings (SSSR count). The van der Waals surface area contributed by atoms with Crippen LogP contribution in [-0.4, -0.2) is 21.4 Å². The summed E-state index contributed by atoms with van der Waals surface area (Å²) < 4.78 is 27.4. The Bertz CT molecular complexity index is 1200. The monoisotopic (exact) mass is 436 g/mol. The molecule has 0 saturated heterocycles. The van der Waals surface area contributed by atoms with Gasteiger partial charge in [-0.3, -0.25) is 9.10 Å². The number of nitrogens with zero attached hydrogens (tertiary/aromatic N) is 1. The quantitative estimate of drug-likeness (QED) is 0.596. The van der Waals surface area contributed by atoms with Gasteiger partial charge in [-0.25, -0.2) is 8.42 Å². The molecule has 5 nitrogen and oxygen atoms in total. The van der Waals surface area contributed by atoms with E-state index in [1.54, 1.807) is 24.3 Å². The summed E-state index contributed by atoms with van der Waals surface area (Å²) in [4.78, 5) is 12.9. The number of anilines is 1. The predicted octanol–water partition coefficient (Wildman–Crippen LogP) is 4.93. The molecule has 162 valence electrons. The fourth-order valence-electron chi connectivity index (χ4n) is 3.43. The van der Waals surface area contributed by atoms with Crippen LogP contribution in [0.15, 0.2) is 71.6 Å². The molecule has 0 fully saturated rings. The zero-order valence-corrected chi connectivity index (χ0v) is 19.3. The largest absolute Gasteiger partial charge is 0.346 e. The number of rotatable bonds is 6.